The van der Waals surface area contributed by atoms with E-state index in [-0.39, 0.29) is 5.91 Å². The van der Waals surface area contributed by atoms with Crippen LogP contribution in [0.3, 0.4) is 0 Å². The number of aliphatic hydroxyl groups is 1. The summed E-state index contributed by atoms with van der Waals surface area (Å²) in [5.74, 6) is 0.918. The predicted octanol–water partition coefficient (Wildman–Crippen LogP) is 2.20. The van der Waals surface area contributed by atoms with Crippen LogP contribution in [0, 0.1) is 0 Å². The van der Waals surface area contributed by atoms with Crippen LogP contribution in [0.1, 0.15) is 28.4 Å². The highest BCUT2D eigenvalue weighted by Gasteiger charge is 2.21. The van der Waals surface area contributed by atoms with Gasteiger partial charge in [-0.05, 0) is 40.5 Å². The first-order valence-corrected chi connectivity index (χ1v) is 7.07. The molecule has 0 saturated carbocycles. The fraction of sp³-hybridized carbons (Fsp3) is 0.235. The Bertz CT molecular complexity index is 739. The van der Waals surface area contributed by atoms with Crippen molar-refractivity contribution in [3.8, 4) is 5.75 Å². The summed E-state index contributed by atoms with van der Waals surface area (Å²) in [6.45, 7) is 0.710. The third-order valence-corrected chi connectivity index (χ3v) is 4.10. The Kier molecular flexibility index (Phi) is 2.72. The van der Waals surface area contributed by atoms with Gasteiger partial charge >= 0.3 is 0 Å². The lowest BCUT2D eigenvalue weighted by Crippen LogP contribution is -2.03. The molecule has 1 unspecified atom stereocenters. The molecule has 0 spiro atoms. The molecular formula is C17H15NO3. The van der Waals surface area contributed by atoms with Gasteiger partial charge in [-0.1, -0.05) is 18.2 Å². The highest BCUT2D eigenvalue weighted by atomic mass is 16.5. The monoisotopic (exact) mass is 281 g/mol. The zero-order chi connectivity index (χ0) is 14.4. The molecule has 106 valence electrons. The minimum Gasteiger partial charge on any atom is -0.493 e. The number of aliphatic hydroxyl groups excluding tert-OH is 1. The second kappa shape index (κ2) is 4.60. The SMILES string of the molecule is O=C1Cc2cc(C(O)c3ccc4c(c3)CCO4)ccc2N1. The van der Waals surface area contributed by atoms with Gasteiger partial charge in [-0.25, -0.2) is 0 Å². The summed E-state index contributed by atoms with van der Waals surface area (Å²) in [7, 11) is 0. The number of fused-ring (bicyclic) bond motifs is 2. The smallest absolute Gasteiger partial charge is 0.228 e. The van der Waals surface area contributed by atoms with Crippen LogP contribution in [0.15, 0.2) is 36.4 Å². The standard InChI is InChI=1S/C17H15NO3/c19-16-9-13-8-11(1-3-14(13)18-16)17(20)12-2-4-15-10(7-12)5-6-21-15/h1-4,7-8,17,20H,5-6,9H2,(H,18,19). The molecule has 0 bridgehead atoms. The van der Waals surface area contributed by atoms with E-state index in [0.29, 0.717) is 13.0 Å². The van der Waals surface area contributed by atoms with Crippen LogP contribution in [-0.2, 0) is 17.6 Å². The van der Waals surface area contributed by atoms with Crippen molar-refractivity contribution in [1.29, 1.82) is 0 Å². The van der Waals surface area contributed by atoms with Crippen molar-refractivity contribution in [3.63, 3.8) is 0 Å². The lowest BCUT2D eigenvalue weighted by molar-refractivity contribution is -0.115. The zero-order valence-electron chi connectivity index (χ0n) is 11.4. The summed E-state index contributed by atoms with van der Waals surface area (Å²) in [6, 6.07) is 11.4. The first-order valence-electron chi connectivity index (χ1n) is 7.07. The van der Waals surface area contributed by atoms with Crippen molar-refractivity contribution in [2.24, 2.45) is 0 Å². The van der Waals surface area contributed by atoms with Gasteiger partial charge in [0.1, 0.15) is 11.9 Å². The average molecular weight is 281 g/mol. The number of anilines is 1. The van der Waals surface area contributed by atoms with Crippen LogP contribution in [0.4, 0.5) is 5.69 Å². The van der Waals surface area contributed by atoms with Crippen molar-refractivity contribution in [1.82, 2.24) is 0 Å². The van der Waals surface area contributed by atoms with Gasteiger partial charge in [0.2, 0.25) is 5.91 Å². The average Bonchev–Trinajstić information content (AvgIpc) is 3.09. The van der Waals surface area contributed by atoms with Crippen LogP contribution in [0.25, 0.3) is 0 Å². The minimum atomic E-state index is -0.683. The molecule has 0 radical (unpaired) electrons. The highest BCUT2D eigenvalue weighted by molar-refractivity contribution is 5.99. The van der Waals surface area contributed by atoms with Crippen molar-refractivity contribution in [2.45, 2.75) is 18.9 Å². The van der Waals surface area contributed by atoms with Gasteiger partial charge in [0.25, 0.3) is 0 Å². The maximum Gasteiger partial charge on any atom is 0.228 e. The molecule has 2 aliphatic rings. The van der Waals surface area contributed by atoms with Gasteiger partial charge in [0.05, 0.1) is 13.0 Å². The first-order chi connectivity index (χ1) is 10.2. The number of nitrogens with one attached hydrogen (secondary N) is 1. The van der Waals surface area contributed by atoms with Gasteiger partial charge in [-0.15, -0.1) is 0 Å². The molecule has 0 saturated heterocycles. The molecule has 0 aliphatic carbocycles. The lowest BCUT2D eigenvalue weighted by Gasteiger charge is -2.13. The topological polar surface area (TPSA) is 58.6 Å². The first kappa shape index (κ1) is 12.4. The second-order valence-electron chi connectivity index (χ2n) is 5.51. The molecule has 2 aromatic rings. The van der Waals surface area contributed by atoms with Crippen LogP contribution in [0.2, 0.25) is 0 Å². The summed E-state index contributed by atoms with van der Waals surface area (Å²) in [4.78, 5) is 11.4. The van der Waals surface area contributed by atoms with E-state index in [2.05, 4.69) is 5.32 Å². The second-order valence-corrected chi connectivity index (χ2v) is 5.51. The van der Waals surface area contributed by atoms with E-state index in [4.69, 9.17) is 4.74 Å². The maximum atomic E-state index is 11.4. The molecule has 2 aliphatic heterocycles. The van der Waals surface area contributed by atoms with Crippen molar-refractivity contribution in [3.05, 3.63) is 58.7 Å². The Balaban J connectivity index is 1.67. The molecule has 2 N–H and O–H groups in total. The Hall–Kier alpha value is -2.33. The van der Waals surface area contributed by atoms with E-state index in [0.717, 1.165) is 40.1 Å². The van der Waals surface area contributed by atoms with Gasteiger partial charge in [-0.3, -0.25) is 4.79 Å². The summed E-state index contributed by atoms with van der Waals surface area (Å²) < 4.78 is 5.48. The minimum absolute atomic E-state index is 0.00585. The van der Waals surface area contributed by atoms with E-state index in [1.807, 2.05) is 36.4 Å². The number of rotatable bonds is 2. The fourth-order valence-corrected chi connectivity index (χ4v) is 2.99. The third-order valence-electron chi connectivity index (χ3n) is 4.10. The number of amides is 1. The van der Waals surface area contributed by atoms with Gasteiger partial charge in [-0.2, -0.15) is 0 Å². The fourth-order valence-electron chi connectivity index (χ4n) is 2.99. The van der Waals surface area contributed by atoms with E-state index in [1.165, 1.54) is 0 Å². The highest BCUT2D eigenvalue weighted by Crippen LogP contribution is 2.32. The number of carbonyl (C=O) groups is 1. The molecule has 0 fully saturated rings. The van der Waals surface area contributed by atoms with E-state index >= 15 is 0 Å². The Labute approximate surface area is 122 Å². The zero-order valence-corrected chi connectivity index (χ0v) is 11.4. The van der Waals surface area contributed by atoms with E-state index in [1.54, 1.807) is 0 Å². The van der Waals surface area contributed by atoms with Crippen molar-refractivity contribution in [2.75, 3.05) is 11.9 Å². The largest absolute Gasteiger partial charge is 0.493 e. The summed E-state index contributed by atoms with van der Waals surface area (Å²) in [6.07, 6.45) is 0.587. The van der Waals surface area contributed by atoms with Gasteiger partial charge in [0.15, 0.2) is 0 Å². The number of carbonyl (C=O) groups excluding carboxylic acids is 1. The van der Waals surface area contributed by atoms with Crippen molar-refractivity contribution >= 4 is 11.6 Å². The summed E-state index contributed by atoms with van der Waals surface area (Å²) in [5.41, 5.74) is 4.60. The lowest BCUT2D eigenvalue weighted by atomic mass is 9.97. The number of hydrogen-bond acceptors (Lipinski definition) is 3. The number of ether oxygens (including phenoxy) is 1. The molecule has 21 heavy (non-hydrogen) atoms. The predicted molar refractivity (Wildman–Crippen MR) is 78.5 cm³/mol. The van der Waals surface area contributed by atoms with E-state index < -0.39 is 6.10 Å². The van der Waals surface area contributed by atoms with Crippen LogP contribution < -0.4 is 10.1 Å². The van der Waals surface area contributed by atoms with Crippen LogP contribution >= 0.6 is 0 Å². The van der Waals surface area contributed by atoms with Crippen molar-refractivity contribution < 1.29 is 14.6 Å². The molecule has 0 aromatic heterocycles. The Morgan fingerprint density at radius 1 is 1.10 bits per heavy atom. The quantitative estimate of drug-likeness (QED) is 0.887. The number of benzene rings is 2. The van der Waals surface area contributed by atoms with Crippen LogP contribution in [-0.4, -0.2) is 17.6 Å². The summed E-state index contributed by atoms with van der Waals surface area (Å²) >= 11 is 0. The third kappa shape index (κ3) is 2.08. The van der Waals surface area contributed by atoms with Gasteiger partial charge in [0, 0.05) is 12.1 Å². The normalized spacial score (nSPS) is 16.9. The Morgan fingerprint density at radius 3 is 2.71 bits per heavy atom. The number of hydrogen-bond donors (Lipinski definition) is 2. The molecule has 4 rings (SSSR count). The molecule has 2 heterocycles. The van der Waals surface area contributed by atoms with E-state index in [9.17, 15) is 9.90 Å². The van der Waals surface area contributed by atoms with Gasteiger partial charge < -0.3 is 15.2 Å². The molecule has 4 heteroatoms. The molecule has 1 amide bonds. The molecule has 4 nitrogen and oxygen atoms in total. The molecule has 2 aromatic carbocycles. The Morgan fingerprint density at radius 2 is 1.86 bits per heavy atom. The summed E-state index contributed by atoms with van der Waals surface area (Å²) in [5, 5.41) is 13.4. The molecular weight excluding hydrogens is 266 g/mol. The molecule has 1 atom stereocenters. The van der Waals surface area contributed by atoms with Crippen LogP contribution in [0.5, 0.6) is 5.75 Å². The maximum absolute atomic E-state index is 11.4.